The van der Waals surface area contributed by atoms with E-state index >= 15 is 0 Å². The zero-order chi connectivity index (χ0) is 13.4. The summed E-state index contributed by atoms with van der Waals surface area (Å²) in [7, 11) is 0. The van der Waals surface area contributed by atoms with Crippen molar-refractivity contribution in [2.75, 3.05) is 0 Å². The molecule has 2 heterocycles. The molecule has 0 radical (unpaired) electrons. The van der Waals surface area contributed by atoms with Gasteiger partial charge in [-0.15, -0.1) is 11.3 Å². The molecule has 3 aromatic rings. The topological polar surface area (TPSA) is 62.7 Å². The second-order valence-electron chi connectivity index (χ2n) is 4.28. The lowest BCUT2D eigenvalue weighted by Crippen LogP contribution is -1.80. The van der Waals surface area contributed by atoms with Crippen molar-refractivity contribution in [2.24, 2.45) is 0 Å². The summed E-state index contributed by atoms with van der Waals surface area (Å²) in [6.45, 7) is 3.77. The highest BCUT2D eigenvalue weighted by Crippen LogP contribution is 2.30. The Morgan fingerprint density at radius 2 is 2.16 bits per heavy atom. The maximum atomic E-state index is 8.77. The second kappa shape index (κ2) is 4.48. The van der Waals surface area contributed by atoms with Gasteiger partial charge in [-0.3, -0.25) is 0 Å². The Kier molecular flexibility index (Phi) is 2.80. The molecule has 3 rings (SSSR count). The normalized spacial score (nSPS) is 10.8. The van der Waals surface area contributed by atoms with Crippen molar-refractivity contribution in [1.82, 2.24) is 9.97 Å². The van der Waals surface area contributed by atoms with Crippen molar-refractivity contribution in [1.29, 1.82) is 5.26 Å². The van der Waals surface area contributed by atoms with E-state index in [1.54, 1.807) is 11.3 Å². The van der Waals surface area contributed by atoms with Gasteiger partial charge in [-0.25, -0.2) is 9.97 Å². The Labute approximate surface area is 114 Å². The molecule has 0 saturated carbocycles. The first kappa shape index (κ1) is 11.9. The van der Waals surface area contributed by atoms with Gasteiger partial charge in [0, 0.05) is 17.4 Å². The van der Waals surface area contributed by atoms with E-state index in [2.05, 4.69) is 16.0 Å². The van der Waals surface area contributed by atoms with Gasteiger partial charge in [0.05, 0.1) is 18.2 Å². The molecule has 0 amide bonds. The van der Waals surface area contributed by atoms with Crippen LogP contribution in [0, 0.1) is 25.2 Å². The van der Waals surface area contributed by atoms with Gasteiger partial charge in [-0.1, -0.05) is 0 Å². The SMILES string of the molecule is Cc1nc2ccc(-c3nc(C)c(CC#N)s3)cc2o1. The van der Waals surface area contributed by atoms with Gasteiger partial charge < -0.3 is 4.42 Å². The van der Waals surface area contributed by atoms with E-state index in [4.69, 9.17) is 9.68 Å². The van der Waals surface area contributed by atoms with E-state index in [0.29, 0.717) is 12.3 Å². The van der Waals surface area contributed by atoms with Crippen molar-refractivity contribution < 1.29 is 4.42 Å². The molecule has 0 aliphatic rings. The summed E-state index contributed by atoms with van der Waals surface area (Å²) in [5.41, 5.74) is 3.55. The van der Waals surface area contributed by atoms with E-state index in [1.165, 1.54) is 0 Å². The van der Waals surface area contributed by atoms with Gasteiger partial charge >= 0.3 is 0 Å². The van der Waals surface area contributed by atoms with Crippen LogP contribution in [0.4, 0.5) is 0 Å². The highest BCUT2D eigenvalue weighted by molar-refractivity contribution is 7.15. The average Bonchev–Trinajstić information content (AvgIpc) is 2.91. The summed E-state index contributed by atoms with van der Waals surface area (Å²) in [6.07, 6.45) is 0.410. The minimum absolute atomic E-state index is 0.410. The summed E-state index contributed by atoms with van der Waals surface area (Å²) in [5, 5.41) is 9.69. The molecule has 0 bridgehead atoms. The molecule has 0 N–H and O–H groups in total. The molecule has 0 saturated heterocycles. The number of fused-ring (bicyclic) bond motifs is 1. The standard InChI is InChI=1S/C14H11N3OS/c1-8-13(5-6-15)19-14(16-8)10-3-4-11-12(7-10)18-9(2)17-11/h3-4,7H,5H2,1-2H3. The molecular formula is C14H11N3OS. The number of aromatic nitrogens is 2. The van der Waals surface area contributed by atoms with Gasteiger partial charge in [-0.05, 0) is 25.1 Å². The van der Waals surface area contributed by atoms with Gasteiger partial charge in [0.2, 0.25) is 0 Å². The van der Waals surface area contributed by atoms with Gasteiger partial charge in [0.15, 0.2) is 11.5 Å². The predicted octanol–water partition coefficient (Wildman–Crippen LogP) is 3.63. The fourth-order valence-electron chi connectivity index (χ4n) is 1.96. The molecular weight excluding hydrogens is 258 g/mol. The molecule has 0 aliphatic heterocycles. The molecule has 0 unspecified atom stereocenters. The van der Waals surface area contributed by atoms with Crippen LogP contribution in [0.15, 0.2) is 22.6 Å². The minimum Gasteiger partial charge on any atom is -0.441 e. The zero-order valence-electron chi connectivity index (χ0n) is 10.6. The molecule has 5 heteroatoms. The Morgan fingerprint density at radius 3 is 2.95 bits per heavy atom. The number of rotatable bonds is 2. The lowest BCUT2D eigenvalue weighted by atomic mass is 10.2. The fraction of sp³-hybridized carbons (Fsp3) is 0.214. The fourth-order valence-corrected chi connectivity index (χ4v) is 2.95. The number of oxazole rings is 1. The lowest BCUT2D eigenvalue weighted by Gasteiger charge is -1.94. The molecule has 19 heavy (non-hydrogen) atoms. The molecule has 2 aromatic heterocycles. The molecule has 0 atom stereocenters. The number of benzene rings is 1. The van der Waals surface area contributed by atoms with Crippen molar-refractivity contribution in [3.05, 3.63) is 34.7 Å². The quantitative estimate of drug-likeness (QED) is 0.712. The van der Waals surface area contributed by atoms with Crippen LogP contribution in [0.3, 0.4) is 0 Å². The van der Waals surface area contributed by atoms with Crippen LogP contribution in [0.2, 0.25) is 0 Å². The average molecular weight is 269 g/mol. The van der Waals surface area contributed by atoms with Gasteiger partial charge in [-0.2, -0.15) is 5.26 Å². The Bertz CT molecular complexity index is 795. The first-order chi connectivity index (χ1) is 9.17. The Hall–Kier alpha value is -2.19. The van der Waals surface area contributed by atoms with Crippen molar-refractivity contribution >= 4 is 22.4 Å². The van der Waals surface area contributed by atoms with Crippen LogP contribution >= 0.6 is 11.3 Å². The summed E-state index contributed by atoms with van der Waals surface area (Å²) in [4.78, 5) is 9.81. The highest BCUT2D eigenvalue weighted by Gasteiger charge is 2.11. The van der Waals surface area contributed by atoms with Crippen LogP contribution in [-0.2, 0) is 6.42 Å². The number of thiazole rings is 1. The van der Waals surface area contributed by atoms with Gasteiger partial charge in [0.1, 0.15) is 10.5 Å². The van der Waals surface area contributed by atoms with Crippen LogP contribution in [-0.4, -0.2) is 9.97 Å². The summed E-state index contributed by atoms with van der Waals surface area (Å²) in [5.74, 6) is 0.660. The van der Waals surface area contributed by atoms with Crippen LogP contribution < -0.4 is 0 Å². The lowest BCUT2D eigenvalue weighted by molar-refractivity contribution is 0.561. The maximum absolute atomic E-state index is 8.77. The third kappa shape index (κ3) is 2.11. The van der Waals surface area contributed by atoms with Crippen LogP contribution in [0.1, 0.15) is 16.5 Å². The molecule has 0 aliphatic carbocycles. The maximum Gasteiger partial charge on any atom is 0.192 e. The number of hydrogen-bond donors (Lipinski definition) is 0. The second-order valence-corrected chi connectivity index (χ2v) is 5.36. The van der Waals surface area contributed by atoms with Crippen LogP contribution in [0.5, 0.6) is 0 Å². The van der Waals surface area contributed by atoms with Gasteiger partial charge in [0.25, 0.3) is 0 Å². The molecule has 94 valence electrons. The third-order valence-electron chi connectivity index (χ3n) is 2.87. The summed E-state index contributed by atoms with van der Waals surface area (Å²) in [6, 6.07) is 8.03. The van der Waals surface area contributed by atoms with E-state index < -0.39 is 0 Å². The van der Waals surface area contributed by atoms with E-state index in [9.17, 15) is 0 Å². The smallest absolute Gasteiger partial charge is 0.192 e. The molecule has 0 fully saturated rings. The van der Waals surface area contributed by atoms with Crippen LogP contribution in [0.25, 0.3) is 21.7 Å². The molecule has 1 aromatic carbocycles. The number of aryl methyl sites for hydroxylation is 2. The van der Waals surface area contributed by atoms with Crippen molar-refractivity contribution in [3.63, 3.8) is 0 Å². The Balaban J connectivity index is 2.08. The summed E-state index contributed by atoms with van der Waals surface area (Å²) >= 11 is 1.56. The first-order valence-electron chi connectivity index (χ1n) is 5.88. The van der Waals surface area contributed by atoms with E-state index in [-0.39, 0.29) is 0 Å². The number of nitriles is 1. The molecule has 4 nitrogen and oxygen atoms in total. The largest absolute Gasteiger partial charge is 0.441 e. The highest BCUT2D eigenvalue weighted by atomic mass is 32.1. The van der Waals surface area contributed by atoms with Crippen molar-refractivity contribution in [2.45, 2.75) is 20.3 Å². The number of nitrogens with zero attached hydrogens (tertiary/aromatic N) is 3. The Morgan fingerprint density at radius 1 is 1.32 bits per heavy atom. The monoisotopic (exact) mass is 269 g/mol. The number of hydrogen-bond acceptors (Lipinski definition) is 5. The predicted molar refractivity (Wildman–Crippen MR) is 73.9 cm³/mol. The van der Waals surface area contributed by atoms with E-state index in [1.807, 2.05) is 32.0 Å². The first-order valence-corrected chi connectivity index (χ1v) is 6.70. The minimum atomic E-state index is 0.410. The third-order valence-corrected chi connectivity index (χ3v) is 4.08. The zero-order valence-corrected chi connectivity index (χ0v) is 11.4. The van der Waals surface area contributed by atoms with Crippen molar-refractivity contribution in [3.8, 4) is 16.6 Å². The van der Waals surface area contributed by atoms with E-state index in [0.717, 1.165) is 32.2 Å². The summed E-state index contributed by atoms with van der Waals surface area (Å²) < 4.78 is 5.53. The molecule has 0 spiro atoms.